The Balaban J connectivity index is 1.81. The van der Waals surface area contributed by atoms with Crippen LogP contribution in [0.15, 0.2) is 12.3 Å². The minimum absolute atomic E-state index is 0.00726. The molecule has 21 heavy (non-hydrogen) atoms. The highest BCUT2D eigenvalue weighted by atomic mass is 16.4. The first-order valence-corrected chi connectivity index (χ1v) is 6.78. The van der Waals surface area contributed by atoms with Crippen LogP contribution in [0.2, 0.25) is 0 Å². The number of nitrogens with one attached hydrogen (secondary N) is 1. The molecule has 0 saturated heterocycles. The first-order valence-electron chi connectivity index (χ1n) is 6.78. The summed E-state index contributed by atoms with van der Waals surface area (Å²) in [4.78, 5) is 31.4. The van der Waals surface area contributed by atoms with E-state index in [0.29, 0.717) is 18.6 Å². The lowest BCUT2D eigenvalue weighted by Gasteiger charge is -2.16. The van der Waals surface area contributed by atoms with Gasteiger partial charge in [-0.15, -0.1) is 5.10 Å². The number of hydrogen-bond acceptors (Lipinski definition) is 5. The van der Waals surface area contributed by atoms with Crippen molar-refractivity contribution in [2.24, 2.45) is 5.92 Å². The number of aryl methyl sites for hydroxylation is 1. The quantitative estimate of drug-likeness (QED) is 0.847. The third-order valence-corrected chi connectivity index (χ3v) is 3.78. The molecule has 8 heteroatoms. The van der Waals surface area contributed by atoms with E-state index in [4.69, 9.17) is 5.11 Å². The largest absolute Gasteiger partial charge is 0.481 e. The zero-order chi connectivity index (χ0) is 15.0. The molecule has 2 atom stereocenters. The van der Waals surface area contributed by atoms with Gasteiger partial charge in [0.2, 0.25) is 5.82 Å². The molecule has 1 saturated carbocycles. The van der Waals surface area contributed by atoms with E-state index in [-0.39, 0.29) is 11.9 Å². The summed E-state index contributed by atoms with van der Waals surface area (Å²) in [5, 5.41) is 16.0. The summed E-state index contributed by atoms with van der Waals surface area (Å²) in [7, 11) is 0. The van der Waals surface area contributed by atoms with Gasteiger partial charge < -0.3 is 10.4 Å². The van der Waals surface area contributed by atoms with Crippen LogP contribution in [0.5, 0.6) is 0 Å². The Bertz CT molecular complexity index is 711. The number of aliphatic carboxylic acids is 1. The summed E-state index contributed by atoms with van der Waals surface area (Å²) in [6, 6.07) is 1.40. The average molecular weight is 289 g/mol. The highest BCUT2D eigenvalue weighted by molar-refractivity contribution is 5.91. The van der Waals surface area contributed by atoms with Crippen LogP contribution in [0.3, 0.4) is 0 Å². The highest BCUT2D eigenvalue weighted by Gasteiger charge is 2.34. The molecule has 1 aliphatic carbocycles. The van der Waals surface area contributed by atoms with Gasteiger partial charge in [-0.25, -0.2) is 9.50 Å². The van der Waals surface area contributed by atoms with Gasteiger partial charge in [0, 0.05) is 17.9 Å². The number of carbonyl (C=O) groups excluding carboxylic acids is 1. The smallest absolute Gasteiger partial charge is 0.308 e. The number of nitrogens with zero attached hydrogens (tertiary/aromatic N) is 4. The zero-order valence-electron chi connectivity index (χ0n) is 11.5. The maximum absolute atomic E-state index is 12.2. The van der Waals surface area contributed by atoms with E-state index < -0.39 is 17.8 Å². The Kier molecular flexibility index (Phi) is 3.28. The summed E-state index contributed by atoms with van der Waals surface area (Å²) >= 11 is 0. The summed E-state index contributed by atoms with van der Waals surface area (Å²) in [5.74, 6) is -1.52. The van der Waals surface area contributed by atoms with Crippen molar-refractivity contribution in [3.63, 3.8) is 0 Å². The molecule has 1 aliphatic rings. The zero-order valence-corrected chi connectivity index (χ0v) is 11.5. The Morgan fingerprint density at radius 2 is 2.24 bits per heavy atom. The predicted octanol–water partition coefficient (Wildman–Crippen LogP) is 0.416. The van der Waals surface area contributed by atoms with Gasteiger partial charge in [0.15, 0.2) is 0 Å². The van der Waals surface area contributed by atoms with Crippen molar-refractivity contribution < 1.29 is 14.7 Å². The molecule has 2 unspecified atom stereocenters. The molecule has 3 rings (SSSR count). The molecule has 2 heterocycles. The predicted molar refractivity (Wildman–Crippen MR) is 71.8 cm³/mol. The van der Waals surface area contributed by atoms with E-state index >= 15 is 0 Å². The van der Waals surface area contributed by atoms with Crippen molar-refractivity contribution in [2.75, 3.05) is 0 Å². The Hall–Kier alpha value is -2.51. The Morgan fingerprint density at radius 3 is 2.95 bits per heavy atom. The number of fused-ring (bicyclic) bond motifs is 1. The van der Waals surface area contributed by atoms with E-state index in [1.807, 2.05) is 6.92 Å². The number of amides is 1. The molecule has 2 aromatic rings. The Labute approximate surface area is 120 Å². The second-order valence-electron chi connectivity index (χ2n) is 5.19. The van der Waals surface area contributed by atoms with Crippen LogP contribution >= 0.6 is 0 Å². The summed E-state index contributed by atoms with van der Waals surface area (Å²) in [6.45, 7) is 1.84. The van der Waals surface area contributed by atoms with Crippen LogP contribution in [0, 0.1) is 12.8 Å². The fourth-order valence-corrected chi connectivity index (χ4v) is 2.66. The van der Waals surface area contributed by atoms with Crippen LogP contribution in [-0.4, -0.2) is 42.6 Å². The first-order chi connectivity index (χ1) is 10.1. The van der Waals surface area contributed by atoms with Gasteiger partial charge in [0.25, 0.3) is 11.7 Å². The molecule has 2 aromatic heterocycles. The molecule has 1 fully saturated rings. The van der Waals surface area contributed by atoms with Crippen LogP contribution in [-0.2, 0) is 4.79 Å². The molecule has 0 aromatic carbocycles. The van der Waals surface area contributed by atoms with Gasteiger partial charge in [-0.3, -0.25) is 9.59 Å². The number of carbonyl (C=O) groups is 2. The molecule has 110 valence electrons. The van der Waals surface area contributed by atoms with Crippen molar-refractivity contribution >= 4 is 17.7 Å². The van der Waals surface area contributed by atoms with Crippen molar-refractivity contribution in [3.05, 3.63) is 23.8 Å². The number of carboxylic acid groups (broad SMARTS) is 1. The summed E-state index contributed by atoms with van der Waals surface area (Å²) in [6.07, 6.45) is 3.63. The fraction of sp³-hybridized carbons (Fsp3) is 0.462. The minimum Gasteiger partial charge on any atom is -0.481 e. The number of hydrogen-bond donors (Lipinski definition) is 2. The van der Waals surface area contributed by atoms with Crippen molar-refractivity contribution in [2.45, 2.75) is 32.2 Å². The minimum atomic E-state index is -0.877. The van der Waals surface area contributed by atoms with Gasteiger partial charge in [-0.2, -0.15) is 4.98 Å². The number of carboxylic acids is 1. The maximum Gasteiger partial charge on any atom is 0.308 e. The Morgan fingerprint density at radius 1 is 1.43 bits per heavy atom. The van der Waals surface area contributed by atoms with Crippen molar-refractivity contribution in [1.82, 2.24) is 24.9 Å². The first kappa shape index (κ1) is 13.5. The van der Waals surface area contributed by atoms with Crippen LogP contribution in [0.25, 0.3) is 5.78 Å². The molecule has 0 radical (unpaired) electrons. The van der Waals surface area contributed by atoms with Gasteiger partial charge in [-0.1, -0.05) is 6.42 Å². The standard InChI is InChI=1S/C13H15N5O3/c1-7-5-6-14-13-16-10(17-18(7)13)11(19)15-9-4-2-3-8(9)12(20)21/h5-6,8-9H,2-4H2,1H3,(H,15,19)(H,20,21). The maximum atomic E-state index is 12.2. The average Bonchev–Trinajstić information content (AvgIpc) is 3.05. The second-order valence-corrected chi connectivity index (χ2v) is 5.19. The lowest BCUT2D eigenvalue weighted by atomic mass is 10.0. The van der Waals surface area contributed by atoms with Crippen molar-refractivity contribution in [3.8, 4) is 0 Å². The van der Waals surface area contributed by atoms with E-state index in [1.165, 1.54) is 4.52 Å². The van der Waals surface area contributed by atoms with Gasteiger partial charge >= 0.3 is 5.97 Å². The summed E-state index contributed by atoms with van der Waals surface area (Å²) in [5.41, 5.74) is 0.816. The molecule has 0 bridgehead atoms. The third kappa shape index (κ3) is 2.44. The van der Waals surface area contributed by atoms with Gasteiger partial charge in [0.1, 0.15) is 0 Å². The van der Waals surface area contributed by atoms with E-state index in [9.17, 15) is 9.59 Å². The van der Waals surface area contributed by atoms with Gasteiger partial charge in [0.05, 0.1) is 5.92 Å². The van der Waals surface area contributed by atoms with Crippen LogP contribution in [0.1, 0.15) is 35.6 Å². The molecular weight excluding hydrogens is 274 g/mol. The monoisotopic (exact) mass is 289 g/mol. The fourth-order valence-electron chi connectivity index (χ4n) is 2.66. The second kappa shape index (κ2) is 5.12. The van der Waals surface area contributed by atoms with Gasteiger partial charge in [-0.05, 0) is 25.8 Å². The molecule has 8 nitrogen and oxygen atoms in total. The number of rotatable bonds is 3. The van der Waals surface area contributed by atoms with Crippen LogP contribution in [0.4, 0.5) is 0 Å². The van der Waals surface area contributed by atoms with Crippen LogP contribution < -0.4 is 5.32 Å². The molecule has 1 amide bonds. The van der Waals surface area contributed by atoms with E-state index in [0.717, 1.165) is 12.1 Å². The lowest BCUT2D eigenvalue weighted by molar-refractivity contribution is -0.142. The lowest BCUT2D eigenvalue weighted by Crippen LogP contribution is -2.40. The topological polar surface area (TPSA) is 109 Å². The van der Waals surface area contributed by atoms with Crippen molar-refractivity contribution in [1.29, 1.82) is 0 Å². The third-order valence-electron chi connectivity index (χ3n) is 3.78. The SMILES string of the molecule is Cc1ccnc2nc(C(=O)NC3CCCC3C(=O)O)nn12. The van der Waals surface area contributed by atoms with E-state index in [1.54, 1.807) is 12.3 Å². The highest BCUT2D eigenvalue weighted by Crippen LogP contribution is 2.25. The number of aromatic nitrogens is 4. The molecule has 0 spiro atoms. The molecule has 0 aliphatic heterocycles. The summed E-state index contributed by atoms with van der Waals surface area (Å²) < 4.78 is 1.48. The van der Waals surface area contributed by atoms with E-state index in [2.05, 4.69) is 20.4 Å². The normalized spacial score (nSPS) is 21.6. The molecule has 2 N–H and O–H groups in total. The molecular formula is C13H15N5O3.